The molecule has 0 bridgehead atoms. The largest absolute Gasteiger partial charge is 0.337 e. The van der Waals surface area contributed by atoms with Gasteiger partial charge in [-0.1, -0.05) is 6.92 Å². The number of rotatable bonds is 2. The fraction of sp³-hybridized carbons (Fsp3) is 0.571. The van der Waals surface area contributed by atoms with Gasteiger partial charge in [0.1, 0.15) is 5.78 Å². The van der Waals surface area contributed by atoms with Crippen molar-refractivity contribution in [3.05, 3.63) is 23.0 Å². The molecular weight excluding hydrogens is 242 g/mol. The van der Waals surface area contributed by atoms with Gasteiger partial charge in [-0.3, -0.25) is 9.59 Å². The summed E-state index contributed by atoms with van der Waals surface area (Å²) in [7, 11) is 0. The molecule has 1 fully saturated rings. The Labute approximate surface area is 113 Å². The van der Waals surface area contributed by atoms with Crippen molar-refractivity contribution >= 4 is 11.7 Å². The number of carbonyl (C=O) groups excluding carboxylic acids is 2. The molecule has 1 aliphatic rings. The predicted octanol–water partition coefficient (Wildman–Crippen LogP) is 1.53. The molecule has 1 amide bonds. The maximum atomic E-state index is 12.5. The Morgan fingerprint density at radius 2 is 2.16 bits per heavy atom. The van der Waals surface area contributed by atoms with Crippen LogP contribution in [0.2, 0.25) is 0 Å². The number of likely N-dealkylation sites (tertiary alicyclic amines) is 1. The van der Waals surface area contributed by atoms with E-state index in [1.807, 2.05) is 13.8 Å². The second kappa shape index (κ2) is 5.47. The summed E-state index contributed by atoms with van der Waals surface area (Å²) in [6, 6.07) is 1.77. The molecule has 1 unspecified atom stereocenters. The summed E-state index contributed by atoms with van der Waals surface area (Å²) in [6.07, 6.45) is 1.25. The third-order valence-corrected chi connectivity index (χ3v) is 3.64. The monoisotopic (exact) mass is 261 g/mol. The Hall–Kier alpha value is -1.78. The van der Waals surface area contributed by atoms with Gasteiger partial charge in [-0.2, -0.15) is 10.2 Å². The second-order valence-electron chi connectivity index (χ2n) is 5.06. The first-order valence-corrected chi connectivity index (χ1v) is 6.65. The molecule has 0 aliphatic carbocycles. The van der Waals surface area contributed by atoms with Crippen molar-refractivity contribution in [3.8, 4) is 0 Å². The van der Waals surface area contributed by atoms with E-state index in [0.29, 0.717) is 30.8 Å². The average molecular weight is 261 g/mol. The van der Waals surface area contributed by atoms with Crippen LogP contribution in [-0.2, 0) is 4.79 Å². The first kappa shape index (κ1) is 13.6. The summed E-state index contributed by atoms with van der Waals surface area (Å²) in [5.74, 6) is 0.211. The minimum absolute atomic E-state index is 0.0195. The lowest BCUT2D eigenvalue weighted by Crippen LogP contribution is -2.44. The van der Waals surface area contributed by atoms with Gasteiger partial charge in [0, 0.05) is 25.4 Å². The number of aromatic nitrogens is 2. The van der Waals surface area contributed by atoms with Gasteiger partial charge in [-0.05, 0) is 26.3 Å². The van der Waals surface area contributed by atoms with Crippen LogP contribution in [0, 0.1) is 19.8 Å². The van der Waals surface area contributed by atoms with Crippen LogP contribution in [0.25, 0.3) is 0 Å². The topological polar surface area (TPSA) is 63.2 Å². The first-order chi connectivity index (χ1) is 9.02. The molecule has 5 heteroatoms. The number of aryl methyl sites for hydroxylation is 2. The van der Waals surface area contributed by atoms with Gasteiger partial charge in [-0.15, -0.1) is 0 Å². The van der Waals surface area contributed by atoms with Gasteiger partial charge in [0.15, 0.2) is 0 Å². The number of ketones is 1. The average Bonchev–Trinajstić information content (AvgIpc) is 2.41. The molecule has 0 spiro atoms. The van der Waals surface area contributed by atoms with Crippen molar-refractivity contribution in [2.75, 3.05) is 13.1 Å². The number of nitrogens with zero attached hydrogens (tertiary/aromatic N) is 3. The van der Waals surface area contributed by atoms with E-state index in [9.17, 15) is 9.59 Å². The molecule has 1 saturated heterocycles. The number of amides is 1. The lowest BCUT2D eigenvalue weighted by molar-refractivity contribution is -0.125. The highest BCUT2D eigenvalue weighted by atomic mass is 16.2. The third-order valence-electron chi connectivity index (χ3n) is 3.64. The number of hydrogen-bond donors (Lipinski definition) is 0. The number of hydrogen-bond acceptors (Lipinski definition) is 4. The van der Waals surface area contributed by atoms with Crippen LogP contribution in [0.1, 0.15) is 41.5 Å². The molecule has 0 aromatic carbocycles. The quantitative estimate of drug-likeness (QED) is 0.810. The van der Waals surface area contributed by atoms with E-state index in [1.54, 1.807) is 17.9 Å². The number of carbonyl (C=O) groups is 2. The Kier molecular flexibility index (Phi) is 3.93. The molecule has 102 valence electrons. The van der Waals surface area contributed by atoms with E-state index >= 15 is 0 Å². The molecule has 0 radical (unpaired) electrons. The standard InChI is InChI=1S/C14H19N3O2/c1-4-11-8-17(6-5-13(11)18)14(19)12-7-9(2)15-16-10(12)3/h7,11H,4-6,8H2,1-3H3. The Morgan fingerprint density at radius 1 is 1.42 bits per heavy atom. The Bertz CT molecular complexity index is 513. The Morgan fingerprint density at radius 3 is 2.84 bits per heavy atom. The summed E-state index contributed by atoms with van der Waals surface area (Å²) in [4.78, 5) is 25.9. The number of Topliss-reactive ketones (excluding diaryl/α,β-unsaturated/α-hetero) is 1. The van der Waals surface area contributed by atoms with Gasteiger partial charge in [0.25, 0.3) is 5.91 Å². The lowest BCUT2D eigenvalue weighted by Gasteiger charge is -2.31. The van der Waals surface area contributed by atoms with Crippen molar-refractivity contribution < 1.29 is 9.59 Å². The van der Waals surface area contributed by atoms with Crippen LogP contribution in [0.3, 0.4) is 0 Å². The molecule has 1 aromatic heterocycles. The van der Waals surface area contributed by atoms with Gasteiger partial charge in [-0.25, -0.2) is 0 Å². The maximum Gasteiger partial charge on any atom is 0.255 e. The van der Waals surface area contributed by atoms with Crippen molar-refractivity contribution in [2.24, 2.45) is 5.92 Å². The third kappa shape index (κ3) is 2.80. The molecule has 19 heavy (non-hydrogen) atoms. The highest BCUT2D eigenvalue weighted by Gasteiger charge is 2.29. The molecular formula is C14H19N3O2. The zero-order valence-electron chi connectivity index (χ0n) is 11.6. The van der Waals surface area contributed by atoms with Crippen LogP contribution in [-0.4, -0.2) is 39.9 Å². The minimum atomic E-state index is -0.0403. The van der Waals surface area contributed by atoms with Crippen LogP contribution < -0.4 is 0 Å². The smallest absolute Gasteiger partial charge is 0.255 e. The van der Waals surface area contributed by atoms with Gasteiger partial charge in [0.2, 0.25) is 0 Å². The van der Waals surface area contributed by atoms with Crippen LogP contribution in [0.15, 0.2) is 6.07 Å². The van der Waals surface area contributed by atoms with Crippen molar-refractivity contribution in [3.63, 3.8) is 0 Å². The van der Waals surface area contributed by atoms with Gasteiger partial charge >= 0.3 is 0 Å². The van der Waals surface area contributed by atoms with E-state index in [2.05, 4.69) is 10.2 Å². The molecule has 1 atom stereocenters. The van der Waals surface area contributed by atoms with E-state index in [1.165, 1.54) is 0 Å². The van der Waals surface area contributed by atoms with Gasteiger partial charge in [0.05, 0.1) is 17.0 Å². The lowest BCUT2D eigenvalue weighted by atomic mass is 9.93. The maximum absolute atomic E-state index is 12.5. The summed E-state index contributed by atoms with van der Waals surface area (Å²) in [6.45, 7) is 6.62. The van der Waals surface area contributed by atoms with Crippen LogP contribution in [0.5, 0.6) is 0 Å². The summed E-state index contributed by atoms with van der Waals surface area (Å²) < 4.78 is 0. The normalized spacial score (nSPS) is 19.6. The highest BCUT2D eigenvalue weighted by molar-refractivity contribution is 5.96. The van der Waals surface area contributed by atoms with E-state index in [0.717, 1.165) is 12.1 Å². The summed E-state index contributed by atoms with van der Waals surface area (Å²) >= 11 is 0. The minimum Gasteiger partial charge on any atom is -0.337 e. The zero-order valence-corrected chi connectivity index (χ0v) is 11.6. The molecule has 1 aliphatic heterocycles. The number of piperidine rings is 1. The van der Waals surface area contributed by atoms with E-state index < -0.39 is 0 Å². The molecule has 5 nitrogen and oxygen atoms in total. The van der Waals surface area contributed by atoms with Crippen molar-refractivity contribution in [2.45, 2.75) is 33.6 Å². The highest BCUT2D eigenvalue weighted by Crippen LogP contribution is 2.19. The van der Waals surface area contributed by atoms with Crippen molar-refractivity contribution in [1.29, 1.82) is 0 Å². The summed E-state index contributed by atoms with van der Waals surface area (Å²) in [5.41, 5.74) is 1.96. The van der Waals surface area contributed by atoms with Crippen molar-refractivity contribution in [1.82, 2.24) is 15.1 Å². The predicted molar refractivity (Wildman–Crippen MR) is 70.8 cm³/mol. The molecule has 0 N–H and O–H groups in total. The molecule has 2 heterocycles. The van der Waals surface area contributed by atoms with Crippen LogP contribution >= 0.6 is 0 Å². The van der Waals surface area contributed by atoms with Crippen LogP contribution in [0.4, 0.5) is 0 Å². The fourth-order valence-electron chi connectivity index (χ4n) is 2.39. The zero-order chi connectivity index (χ0) is 14.0. The van der Waals surface area contributed by atoms with E-state index in [4.69, 9.17) is 0 Å². The molecule has 1 aromatic rings. The first-order valence-electron chi connectivity index (χ1n) is 6.65. The van der Waals surface area contributed by atoms with E-state index in [-0.39, 0.29) is 17.6 Å². The molecule has 2 rings (SSSR count). The molecule has 0 saturated carbocycles. The second-order valence-corrected chi connectivity index (χ2v) is 5.06. The Balaban J connectivity index is 2.20. The SMILES string of the molecule is CCC1CN(C(=O)c2cc(C)nnc2C)CCC1=O. The van der Waals surface area contributed by atoms with Gasteiger partial charge < -0.3 is 4.90 Å². The summed E-state index contributed by atoms with van der Waals surface area (Å²) in [5, 5.41) is 7.92. The fourth-order valence-corrected chi connectivity index (χ4v) is 2.39.